The van der Waals surface area contributed by atoms with Crippen LogP contribution in [0.15, 0.2) is 103 Å². The Bertz CT molecular complexity index is 1240. The van der Waals surface area contributed by atoms with E-state index in [9.17, 15) is 4.79 Å². The van der Waals surface area contributed by atoms with Gasteiger partial charge in [0.1, 0.15) is 0 Å². The average Bonchev–Trinajstić information content (AvgIpc) is 3.34. The molecule has 0 spiro atoms. The summed E-state index contributed by atoms with van der Waals surface area (Å²) in [5, 5.41) is 8.53. The molecule has 0 aromatic heterocycles. The minimum Gasteiger partial charge on any atom is -0.391 e. The predicted octanol–water partition coefficient (Wildman–Crippen LogP) is 6.51. The third-order valence-corrected chi connectivity index (χ3v) is 6.54. The van der Waals surface area contributed by atoms with E-state index in [0.29, 0.717) is 6.54 Å². The number of fused-ring (bicyclic) bond motifs is 1. The molecule has 1 saturated carbocycles. The van der Waals surface area contributed by atoms with Crippen LogP contribution in [-0.2, 0) is 16.1 Å². The molecule has 4 rings (SSSR count). The van der Waals surface area contributed by atoms with E-state index in [1.54, 1.807) is 13.1 Å². The number of carbonyl (C=O) groups excluding carboxylic acids is 2. The molecule has 0 saturated heterocycles. The Kier molecular flexibility index (Phi) is 13.1. The van der Waals surface area contributed by atoms with Crippen molar-refractivity contribution in [2.24, 2.45) is 5.73 Å². The van der Waals surface area contributed by atoms with E-state index in [4.69, 9.17) is 4.79 Å². The smallest absolute Gasteiger partial charge is 0.217 e. The molecule has 1 aliphatic rings. The van der Waals surface area contributed by atoms with Crippen LogP contribution in [0.1, 0.15) is 62.1 Å². The van der Waals surface area contributed by atoms with Crippen molar-refractivity contribution in [3.63, 3.8) is 0 Å². The van der Waals surface area contributed by atoms with Crippen molar-refractivity contribution >= 4 is 23.1 Å². The Morgan fingerprint density at radius 3 is 2.37 bits per heavy atom. The molecule has 0 aliphatic heterocycles. The molecular weight excluding hydrogens is 470 g/mol. The van der Waals surface area contributed by atoms with Crippen molar-refractivity contribution < 1.29 is 9.59 Å². The van der Waals surface area contributed by atoms with E-state index >= 15 is 0 Å². The van der Waals surface area contributed by atoms with Gasteiger partial charge in [-0.3, -0.25) is 9.59 Å². The van der Waals surface area contributed by atoms with Crippen molar-refractivity contribution in [1.29, 1.82) is 0 Å². The molecule has 1 atom stereocenters. The number of allylic oxidation sites excluding steroid dienone is 2. The maximum absolute atomic E-state index is 11.2. The second-order valence-electron chi connectivity index (χ2n) is 9.17. The van der Waals surface area contributed by atoms with Gasteiger partial charge in [-0.15, -0.1) is 0 Å². The lowest BCUT2D eigenvalue weighted by atomic mass is 9.87. The number of primary amides is 1. The van der Waals surface area contributed by atoms with Crippen LogP contribution >= 0.6 is 0 Å². The summed E-state index contributed by atoms with van der Waals surface area (Å²) in [6.07, 6.45) is 9.08. The van der Waals surface area contributed by atoms with E-state index in [0.717, 1.165) is 13.0 Å². The summed E-state index contributed by atoms with van der Waals surface area (Å²) in [7, 11) is 0. The van der Waals surface area contributed by atoms with E-state index in [1.807, 2.05) is 6.07 Å². The highest BCUT2D eigenvalue weighted by Gasteiger charge is 2.15. The van der Waals surface area contributed by atoms with Crippen LogP contribution in [0.4, 0.5) is 0 Å². The first kappa shape index (κ1) is 30.1. The number of amides is 2. The van der Waals surface area contributed by atoms with Crippen molar-refractivity contribution in [3.05, 3.63) is 120 Å². The monoisotopic (exact) mass is 511 g/mol. The number of hydrogen-bond donors (Lipinski definition) is 3. The van der Waals surface area contributed by atoms with Gasteiger partial charge in [0, 0.05) is 25.9 Å². The lowest BCUT2D eigenvalue weighted by Gasteiger charge is -2.19. The van der Waals surface area contributed by atoms with Gasteiger partial charge in [0.25, 0.3) is 0 Å². The third-order valence-electron chi connectivity index (χ3n) is 6.54. The number of hydrogen-bond acceptors (Lipinski definition) is 3. The Hall–Kier alpha value is -4.12. The molecule has 1 fully saturated rings. The van der Waals surface area contributed by atoms with Gasteiger partial charge in [-0.1, -0.05) is 98.5 Å². The lowest BCUT2D eigenvalue weighted by Crippen LogP contribution is -2.20. The van der Waals surface area contributed by atoms with Gasteiger partial charge in [-0.2, -0.15) is 0 Å². The summed E-state index contributed by atoms with van der Waals surface area (Å²) in [5.41, 5.74) is 10.7. The molecule has 2 amide bonds. The van der Waals surface area contributed by atoms with Crippen LogP contribution in [0.5, 0.6) is 0 Å². The highest BCUT2D eigenvalue weighted by Crippen LogP contribution is 2.32. The van der Waals surface area contributed by atoms with Gasteiger partial charge in [-0.05, 0) is 64.9 Å². The van der Waals surface area contributed by atoms with Crippen molar-refractivity contribution in [2.75, 3.05) is 6.54 Å². The maximum atomic E-state index is 11.2. The summed E-state index contributed by atoms with van der Waals surface area (Å²) in [4.78, 5) is 19.8. The van der Waals surface area contributed by atoms with Crippen LogP contribution in [-0.4, -0.2) is 18.9 Å². The maximum Gasteiger partial charge on any atom is 0.217 e. The molecule has 0 heterocycles. The molecule has 0 bridgehead atoms. The molecule has 4 N–H and O–H groups in total. The molecule has 0 radical (unpaired) electrons. The topological polar surface area (TPSA) is 84.2 Å². The van der Waals surface area contributed by atoms with Crippen LogP contribution in [0.3, 0.4) is 0 Å². The summed E-state index contributed by atoms with van der Waals surface area (Å²) in [6.45, 7) is 13.0. The van der Waals surface area contributed by atoms with Gasteiger partial charge in [0.2, 0.25) is 12.3 Å². The summed E-state index contributed by atoms with van der Waals surface area (Å²) in [5.74, 6) is 0.267. The van der Waals surface area contributed by atoms with Gasteiger partial charge >= 0.3 is 0 Å². The van der Waals surface area contributed by atoms with Gasteiger partial charge in [-0.25, -0.2) is 0 Å². The molecule has 5 heteroatoms. The number of nitrogens with one attached hydrogen (secondary N) is 2. The van der Waals surface area contributed by atoms with Crippen molar-refractivity contribution in [3.8, 4) is 0 Å². The average molecular weight is 512 g/mol. The van der Waals surface area contributed by atoms with Crippen molar-refractivity contribution in [1.82, 2.24) is 10.6 Å². The zero-order valence-corrected chi connectivity index (χ0v) is 22.7. The highest BCUT2D eigenvalue weighted by molar-refractivity contribution is 5.86. The van der Waals surface area contributed by atoms with Crippen LogP contribution in [0.2, 0.25) is 0 Å². The summed E-state index contributed by atoms with van der Waals surface area (Å²) in [6, 6.07) is 23.3. The minimum absolute atomic E-state index is 0.00221. The Morgan fingerprint density at radius 2 is 1.68 bits per heavy atom. The second-order valence-corrected chi connectivity index (χ2v) is 9.17. The molecule has 1 unspecified atom stereocenters. The van der Waals surface area contributed by atoms with Crippen LogP contribution in [0, 0.1) is 0 Å². The normalized spacial score (nSPS) is 13.9. The third kappa shape index (κ3) is 9.40. The predicted molar refractivity (Wildman–Crippen MR) is 160 cm³/mol. The molecule has 3 aromatic carbocycles. The van der Waals surface area contributed by atoms with Gasteiger partial charge < -0.3 is 16.4 Å². The Balaban J connectivity index is 0.000000284. The standard InChI is InChI=1S/C21H21NO.C11H17N.CH3NO/c1-15(19-11-5-4-9-18(19)14-22-16(2)23)20-13-7-10-17-8-3-6-12-21(17)20;1-3-12-9-5-8-11-7-4-6-10(11)2;2-1-3/h3-13,15H,14H2,1-2H3,(H,22,23);3,8,12H,1-2,4-7,9H2;1H,(H2,2,3)/b;11-8+;. The second kappa shape index (κ2) is 16.6. The fourth-order valence-electron chi connectivity index (χ4n) is 4.64. The first-order valence-corrected chi connectivity index (χ1v) is 13.1. The first-order valence-electron chi connectivity index (χ1n) is 13.1. The zero-order valence-electron chi connectivity index (χ0n) is 22.7. The van der Waals surface area contributed by atoms with E-state index < -0.39 is 0 Å². The molecule has 38 heavy (non-hydrogen) atoms. The van der Waals surface area contributed by atoms with Gasteiger partial charge in [0.15, 0.2) is 0 Å². The molecule has 5 nitrogen and oxygen atoms in total. The number of benzene rings is 3. The summed E-state index contributed by atoms with van der Waals surface area (Å²) >= 11 is 0. The quantitative estimate of drug-likeness (QED) is 0.238. The highest BCUT2D eigenvalue weighted by atomic mass is 16.1. The molecule has 1 aliphatic carbocycles. The van der Waals surface area contributed by atoms with Crippen LogP contribution < -0.4 is 16.4 Å². The largest absolute Gasteiger partial charge is 0.391 e. The first-order chi connectivity index (χ1) is 18.4. The molecular formula is C33H41N3O2. The van der Waals surface area contributed by atoms with Crippen LogP contribution in [0.25, 0.3) is 10.8 Å². The fourth-order valence-corrected chi connectivity index (χ4v) is 4.64. The zero-order chi connectivity index (χ0) is 27.8. The SMILES string of the molecule is C=CNCC/C=C1\CCCC1=C.CC(=O)NCc1ccccc1C(C)c1cccc2ccccc12.NC=O. The van der Waals surface area contributed by atoms with Gasteiger partial charge in [0.05, 0.1) is 0 Å². The summed E-state index contributed by atoms with van der Waals surface area (Å²) < 4.78 is 0. The number of carbonyl (C=O) groups is 2. The van der Waals surface area contributed by atoms with E-state index in [-0.39, 0.29) is 18.2 Å². The fraction of sp³-hybridized carbons (Fsp3) is 0.273. The molecule has 3 aromatic rings. The van der Waals surface area contributed by atoms with E-state index in [1.165, 1.54) is 57.9 Å². The van der Waals surface area contributed by atoms with E-state index in [2.05, 4.69) is 103 Å². The van der Waals surface area contributed by atoms with Crippen molar-refractivity contribution in [2.45, 2.75) is 52.0 Å². The molecule has 200 valence electrons. The Labute approximate surface area is 227 Å². The Morgan fingerprint density at radius 1 is 1.03 bits per heavy atom. The lowest BCUT2D eigenvalue weighted by molar-refractivity contribution is -0.119. The minimum atomic E-state index is -0.00221. The number of nitrogens with two attached hydrogens (primary N) is 1. The number of rotatable bonds is 8.